The second kappa shape index (κ2) is 3.15. The molecule has 1 aliphatic carbocycles. The fourth-order valence-corrected chi connectivity index (χ4v) is 1.84. The predicted molar refractivity (Wildman–Crippen MR) is 42.4 cm³/mol. The molecule has 12 heavy (non-hydrogen) atoms. The third-order valence-electron chi connectivity index (χ3n) is 2.62. The highest BCUT2D eigenvalue weighted by Gasteiger charge is 2.36. The lowest BCUT2D eigenvalue weighted by atomic mass is 9.87. The molecule has 0 unspecified atom stereocenters. The van der Waals surface area contributed by atoms with Crippen molar-refractivity contribution in [1.29, 1.82) is 0 Å². The van der Waals surface area contributed by atoms with Gasteiger partial charge < -0.3 is 9.47 Å². The fourth-order valence-electron chi connectivity index (χ4n) is 1.84. The van der Waals surface area contributed by atoms with E-state index in [1.807, 2.05) is 6.92 Å². The summed E-state index contributed by atoms with van der Waals surface area (Å²) >= 11 is 0. The molecule has 0 aromatic rings. The molecule has 2 aliphatic rings. The van der Waals surface area contributed by atoms with Crippen molar-refractivity contribution in [3.05, 3.63) is 0 Å². The van der Waals surface area contributed by atoms with Gasteiger partial charge in [-0.2, -0.15) is 0 Å². The van der Waals surface area contributed by atoms with E-state index in [1.54, 1.807) is 0 Å². The van der Waals surface area contributed by atoms with E-state index < -0.39 is 0 Å². The summed E-state index contributed by atoms with van der Waals surface area (Å²) in [7, 11) is 0. The lowest BCUT2D eigenvalue weighted by molar-refractivity contribution is -0.393. The molecular weight excluding hydrogens is 156 g/mol. The quantitative estimate of drug-likeness (QED) is 0.597. The number of rotatable bonds is 1. The normalized spacial score (nSPS) is 37.9. The summed E-state index contributed by atoms with van der Waals surface area (Å²) in [4.78, 5) is 10.9. The van der Waals surface area contributed by atoms with E-state index in [-0.39, 0.29) is 12.6 Å². The second-order valence-electron chi connectivity index (χ2n) is 3.58. The van der Waals surface area contributed by atoms with Crippen molar-refractivity contribution in [3.8, 4) is 0 Å². The molecule has 1 aliphatic heterocycles. The van der Waals surface area contributed by atoms with Crippen molar-refractivity contribution in [2.45, 2.75) is 45.2 Å². The summed E-state index contributed by atoms with van der Waals surface area (Å²) in [6.07, 6.45) is 3.25. The Morgan fingerprint density at radius 1 is 1.25 bits per heavy atom. The van der Waals surface area contributed by atoms with E-state index in [0.717, 1.165) is 12.8 Å². The molecule has 1 saturated carbocycles. The third-order valence-corrected chi connectivity index (χ3v) is 2.62. The van der Waals surface area contributed by atoms with Crippen LogP contribution < -0.4 is 0 Å². The molecule has 2 fully saturated rings. The van der Waals surface area contributed by atoms with Crippen LogP contribution in [0.3, 0.4) is 0 Å². The zero-order chi connectivity index (χ0) is 8.55. The van der Waals surface area contributed by atoms with E-state index in [2.05, 4.69) is 0 Å². The molecule has 0 spiro atoms. The molecule has 3 heteroatoms. The van der Waals surface area contributed by atoms with Crippen LogP contribution in [0.15, 0.2) is 0 Å². The average Bonchev–Trinajstić information content (AvgIpc) is 2.01. The molecule has 0 N–H and O–H groups in total. The van der Waals surface area contributed by atoms with Crippen molar-refractivity contribution in [2.24, 2.45) is 5.92 Å². The maximum absolute atomic E-state index is 10.9. The number of carbonyl (C=O) groups is 1. The molecule has 0 radical (unpaired) electrons. The van der Waals surface area contributed by atoms with Gasteiger partial charge in [0.2, 0.25) is 0 Å². The molecule has 68 valence electrons. The molecule has 0 bridgehead atoms. The summed E-state index contributed by atoms with van der Waals surface area (Å²) in [5, 5.41) is 0. The van der Waals surface area contributed by atoms with Gasteiger partial charge >= 0.3 is 0 Å². The predicted octanol–water partition coefficient (Wildman–Crippen LogP) is 1.46. The summed E-state index contributed by atoms with van der Waals surface area (Å²) in [5.74, 6) is 0.845. The van der Waals surface area contributed by atoms with Gasteiger partial charge in [0.1, 0.15) is 5.78 Å². The van der Waals surface area contributed by atoms with Crippen LogP contribution in [0.2, 0.25) is 0 Å². The largest absolute Gasteiger partial charge is 0.324 e. The minimum atomic E-state index is -0.0346. The molecule has 1 saturated heterocycles. The number of hydrogen-bond acceptors (Lipinski definition) is 3. The van der Waals surface area contributed by atoms with E-state index in [4.69, 9.17) is 9.47 Å². The Bertz CT molecular complexity index is 174. The van der Waals surface area contributed by atoms with E-state index >= 15 is 0 Å². The highest BCUT2D eigenvalue weighted by atomic mass is 16.9. The van der Waals surface area contributed by atoms with Crippen LogP contribution in [-0.4, -0.2) is 18.4 Å². The zero-order valence-corrected chi connectivity index (χ0v) is 7.29. The Kier molecular flexibility index (Phi) is 2.15. The maximum Gasteiger partial charge on any atom is 0.166 e. The van der Waals surface area contributed by atoms with Crippen LogP contribution in [0.1, 0.15) is 32.6 Å². The number of carbonyl (C=O) groups excluding carboxylic acids is 1. The lowest BCUT2D eigenvalue weighted by Crippen LogP contribution is -2.45. The Balaban J connectivity index is 1.79. The molecule has 0 aromatic carbocycles. The SMILES string of the molecule is CC1OC(C2CCC(=O)CC2)O1. The van der Waals surface area contributed by atoms with E-state index in [9.17, 15) is 4.79 Å². The summed E-state index contributed by atoms with van der Waals surface area (Å²) in [5.41, 5.74) is 0. The fraction of sp³-hybridized carbons (Fsp3) is 0.889. The highest BCUT2D eigenvalue weighted by Crippen LogP contribution is 2.32. The van der Waals surface area contributed by atoms with Gasteiger partial charge in [0, 0.05) is 18.8 Å². The topological polar surface area (TPSA) is 35.5 Å². The molecule has 0 atom stereocenters. The number of Topliss-reactive ketones (excluding diaryl/α,β-unsaturated/α-hetero) is 1. The van der Waals surface area contributed by atoms with Crippen LogP contribution in [0.4, 0.5) is 0 Å². The van der Waals surface area contributed by atoms with Crippen molar-refractivity contribution in [2.75, 3.05) is 0 Å². The van der Waals surface area contributed by atoms with Gasteiger partial charge in [-0.1, -0.05) is 0 Å². The molecule has 0 aromatic heterocycles. The monoisotopic (exact) mass is 170 g/mol. The van der Waals surface area contributed by atoms with Crippen molar-refractivity contribution < 1.29 is 14.3 Å². The van der Waals surface area contributed by atoms with Gasteiger partial charge in [0.25, 0.3) is 0 Å². The Morgan fingerprint density at radius 2 is 1.83 bits per heavy atom. The minimum absolute atomic E-state index is 0.0203. The second-order valence-corrected chi connectivity index (χ2v) is 3.58. The molecule has 2 rings (SSSR count). The third kappa shape index (κ3) is 1.52. The first-order valence-electron chi connectivity index (χ1n) is 4.58. The average molecular weight is 170 g/mol. The Labute approximate surface area is 72.0 Å². The summed E-state index contributed by atoms with van der Waals surface area (Å²) < 4.78 is 10.8. The summed E-state index contributed by atoms with van der Waals surface area (Å²) in [6.45, 7) is 1.89. The van der Waals surface area contributed by atoms with Crippen molar-refractivity contribution in [3.63, 3.8) is 0 Å². The van der Waals surface area contributed by atoms with Gasteiger partial charge in [-0.05, 0) is 19.8 Å². The first-order chi connectivity index (χ1) is 5.75. The lowest BCUT2D eigenvalue weighted by Gasteiger charge is -2.40. The van der Waals surface area contributed by atoms with Gasteiger partial charge in [-0.15, -0.1) is 0 Å². The maximum atomic E-state index is 10.9. The van der Waals surface area contributed by atoms with Crippen LogP contribution in [-0.2, 0) is 14.3 Å². The van der Waals surface area contributed by atoms with E-state index in [0.29, 0.717) is 24.5 Å². The molecule has 1 heterocycles. The van der Waals surface area contributed by atoms with Gasteiger partial charge in [0.15, 0.2) is 12.6 Å². The molecular formula is C9H14O3. The van der Waals surface area contributed by atoms with Gasteiger partial charge in [0.05, 0.1) is 0 Å². The van der Waals surface area contributed by atoms with Crippen LogP contribution in [0, 0.1) is 5.92 Å². The Hall–Kier alpha value is -0.410. The van der Waals surface area contributed by atoms with Crippen LogP contribution in [0.25, 0.3) is 0 Å². The number of ether oxygens (including phenoxy) is 2. The van der Waals surface area contributed by atoms with Gasteiger partial charge in [-0.25, -0.2) is 0 Å². The zero-order valence-electron chi connectivity index (χ0n) is 7.29. The van der Waals surface area contributed by atoms with Crippen LogP contribution in [0.5, 0.6) is 0 Å². The number of ketones is 1. The number of hydrogen-bond donors (Lipinski definition) is 0. The van der Waals surface area contributed by atoms with Gasteiger partial charge in [-0.3, -0.25) is 4.79 Å². The van der Waals surface area contributed by atoms with Crippen LogP contribution >= 0.6 is 0 Å². The smallest absolute Gasteiger partial charge is 0.166 e. The van der Waals surface area contributed by atoms with E-state index in [1.165, 1.54) is 0 Å². The first-order valence-corrected chi connectivity index (χ1v) is 4.58. The molecule has 3 nitrogen and oxygen atoms in total. The van der Waals surface area contributed by atoms with Crippen molar-refractivity contribution >= 4 is 5.78 Å². The minimum Gasteiger partial charge on any atom is -0.324 e. The molecule has 0 amide bonds. The first kappa shape index (κ1) is 8.20. The Morgan fingerprint density at radius 3 is 2.33 bits per heavy atom. The summed E-state index contributed by atoms with van der Waals surface area (Å²) in [6, 6.07) is 0. The standard InChI is InChI=1S/C9H14O3/c1-6-11-9(12-6)7-2-4-8(10)5-3-7/h6-7,9H,2-5H2,1H3. The highest BCUT2D eigenvalue weighted by molar-refractivity contribution is 5.79. The van der Waals surface area contributed by atoms with Crippen molar-refractivity contribution in [1.82, 2.24) is 0 Å².